The third-order valence-corrected chi connectivity index (χ3v) is 7.18. The van der Waals surface area contributed by atoms with Gasteiger partial charge in [-0.25, -0.2) is 9.97 Å². The first-order chi connectivity index (χ1) is 19.2. The van der Waals surface area contributed by atoms with E-state index in [2.05, 4.69) is 27.8 Å². The number of benzene rings is 3. The summed E-state index contributed by atoms with van der Waals surface area (Å²) in [4.78, 5) is 26.9. The predicted octanol–water partition coefficient (Wildman–Crippen LogP) is 5.07. The number of fused-ring (bicyclic) bond motifs is 1. The van der Waals surface area contributed by atoms with Crippen molar-refractivity contribution in [2.24, 2.45) is 0 Å². The number of hydrogen-bond donors (Lipinski definition) is 0. The number of ether oxygens (including phenoxy) is 2. The fourth-order valence-corrected chi connectivity index (χ4v) is 5.19. The number of hydrogen-bond acceptors (Lipinski definition) is 6. The molecule has 0 unspecified atom stereocenters. The van der Waals surface area contributed by atoms with Crippen molar-refractivity contribution in [3.63, 3.8) is 0 Å². The molecule has 1 aliphatic heterocycles. The number of anilines is 1. The lowest BCUT2D eigenvalue weighted by Crippen LogP contribution is -2.49. The highest BCUT2D eigenvalue weighted by Crippen LogP contribution is 2.37. The number of carbonyl (C=O) groups excluding carboxylic acids is 1. The van der Waals surface area contributed by atoms with Gasteiger partial charge in [0, 0.05) is 44.0 Å². The summed E-state index contributed by atoms with van der Waals surface area (Å²) in [5, 5.41) is 0.982. The van der Waals surface area contributed by atoms with E-state index in [1.54, 1.807) is 20.5 Å². The van der Waals surface area contributed by atoms with Crippen LogP contribution in [0.3, 0.4) is 0 Å². The Hall–Kier alpha value is -4.85. The molecule has 0 bridgehead atoms. The van der Waals surface area contributed by atoms with Crippen LogP contribution in [0.5, 0.6) is 11.5 Å². The van der Waals surface area contributed by atoms with Crippen molar-refractivity contribution < 1.29 is 14.3 Å². The Labute approximate surface area is 227 Å². The lowest BCUT2D eigenvalue weighted by Gasteiger charge is -2.36. The fraction of sp³-hybridized carbons (Fsp3) is 0.194. The van der Waals surface area contributed by atoms with Crippen LogP contribution in [0, 0.1) is 0 Å². The van der Waals surface area contributed by atoms with Crippen LogP contribution < -0.4 is 14.4 Å². The molecular formula is C31H29N5O3. The lowest BCUT2D eigenvalue weighted by molar-refractivity contribution is 0.0743. The van der Waals surface area contributed by atoms with Crippen LogP contribution in [-0.4, -0.2) is 65.7 Å². The average molecular weight is 520 g/mol. The molecule has 1 saturated heterocycles. The maximum atomic E-state index is 13.3. The molecule has 196 valence electrons. The number of para-hydroxylation sites is 1. The Morgan fingerprint density at radius 3 is 2.36 bits per heavy atom. The normalized spacial score (nSPS) is 13.5. The molecular weight excluding hydrogens is 490 g/mol. The summed E-state index contributed by atoms with van der Waals surface area (Å²) < 4.78 is 13.0. The van der Waals surface area contributed by atoms with Crippen molar-refractivity contribution in [2.75, 3.05) is 45.3 Å². The third-order valence-electron chi connectivity index (χ3n) is 7.18. The van der Waals surface area contributed by atoms with Crippen LogP contribution in [-0.2, 0) is 0 Å². The number of nitrogens with zero attached hydrogens (tertiary/aromatic N) is 5. The van der Waals surface area contributed by atoms with E-state index in [1.807, 2.05) is 71.6 Å². The van der Waals surface area contributed by atoms with Gasteiger partial charge in [0.25, 0.3) is 5.91 Å². The molecule has 8 nitrogen and oxygen atoms in total. The van der Waals surface area contributed by atoms with Crippen molar-refractivity contribution in [1.29, 1.82) is 0 Å². The summed E-state index contributed by atoms with van der Waals surface area (Å²) in [6.45, 7) is 2.48. The molecule has 8 heteroatoms. The molecule has 0 N–H and O–H groups in total. The molecule has 1 aliphatic rings. The highest BCUT2D eigenvalue weighted by atomic mass is 16.5. The number of amides is 1. The number of aromatic nitrogens is 3. The van der Waals surface area contributed by atoms with E-state index in [9.17, 15) is 4.79 Å². The van der Waals surface area contributed by atoms with Gasteiger partial charge in [-0.2, -0.15) is 0 Å². The monoisotopic (exact) mass is 519 g/mol. The summed E-state index contributed by atoms with van der Waals surface area (Å²) in [6.07, 6.45) is 3.74. The van der Waals surface area contributed by atoms with Crippen molar-refractivity contribution in [3.05, 3.63) is 97.0 Å². The minimum Gasteiger partial charge on any atom is -0.497 e. The van der Waals surface area contributed by atoms with E-state index < -0.39 is 0 Å². The summed E-state index contributed by atoms with van der Waals surface area (Å²) in [5.74, 6) is 2.22. The highest BCUT2D eigenvalue weighted by molar-refractivity contribution is 6.02. The van der Waals surface area contributed by atoms with Gasteiger partial charge in [-0.15, -0.1) is 0 Å². The molecule has 39 heavy (non-hydrogen) atoms. The summed E-state index contributed by atoms with van der Waals surface area (Å²) in [5.41, 5.74) is 4.50. The SMILES string of the molecule is COc1cccc(-n2cc(-c3ccccc3)c3c(N4CCN(C(=O)c5ccccc5OC)CC4)ncnc32)c1. The zero-order chi connectivity index (χ0) is 26.8. The van der Waals surface area contributed by atoms with E-state index >= 15 is 0 Å². The fourth-order valence-electron chi connectivity index (χ4n) is 5.19. The topological polar surface area (TPSA) is 72.7 Å². The average Bonchev–Trinajstić information content (AvgIpc) is 3.41. The van der Waals surface area contributed by atoms with Crippen molar-refractivity contribution in [2.45, 2.75) is 0 Å². The first-order valence-electron chi connectivity index (χ1n) is 12.9. The number of methoxy groups -OCH3 is 2. The van der Waals surface area contributed by atoms with Gasteiger partial charge in [0.05, 0.1) is 30.9 Å². The Bertz CT molecular complexity index is 1620. The van der Waals surface area contributed by atoms with Crippen LogP contribution in [0.25, 0.3) is 27.8 Å². The predicted molar refractivity (Wildman–Crippen MR) is 152 cm³/mol. The van der Waals surface area contributed by atoms with Crippen molar-refractivity contribution in [3.8, 4) is 28.3 Å². The maximum Gasteiger partial charge on any atom is 0.257 e. The zero-order valence-electron chi connectivity index (χ0n) is 21.9. The molecule has 1 amide bonds. The van der Waals surface area contributed by atoms with Crippen molar-refractivity contribution in [1.82, 2.24) is 19.4 Å². The Morgan fingerprint density at radius 2 is 1.59 bits per heavy atom. The molecule has 0 aliphatic carbocycles. The van der Waals surface area contributed by atoms with Gasteiger partial charge in [-0.1, -0.05) is 48.5 Å². The second kappa shape index (κ2) is 10.5. The van der Waals surface area contributed by atoms with Crippen LogP contribution in [0.15, 0.2) is 91.4 Å². The first kappa shape index (κ1) is 24.5. The summed E-state index contributed by atoms with van der Waals surface area (Å²) >= 11 is 0. The largest absolute Gasteiger partial charge is 0.497 e. The Kier molecular flexibility index (Phi) is 6.59. The third kappa shape index (κ3) is 4.54. The first-order valence-corrected chi connectivity index (χ1v) is 12.9. The van der Waals surface area contributed by atoms with Gasteiger partial charge >= 0.3 is 0 Å². The Morgan fingerprint density at radius 1 is 0.821 bits per heavy atom. The minimum absolute atomic E-state index is 0.0194. The molecule has 1 fully saturated rings. The number of carbonyl (C=O) groups is 1. The van der Waals surface area contributed by atoms with Crippen LogP contribution in [0.1, 0.15) is 10.4 Å². The quantitative estimate of drug-likeness (QED) is 0.312. The molecule has 0 spiro atoms. The zero-order valence-corrected chi connectivity index (χ0v) is 21.9. The highest BCUT2D eigenvalue weighted by Gasteiger charge is 2.27. The number of rotatable bonds is 6. The van der Waals surface area contributed by atoms with Gasteiger partial charge in [-0.3, -0.25) is 4.79 Å². The molecule has 0 saturated carbocycles. The van der Waals surface area contributed by atoms with Gasteiger partial charge in [0.1, 0.15) is 23.6 Å². The van der Waals surface area contributed by atoms with Gasteiger partial charge < -0.3 is 23.8 Å². The maximum absolute atomic E-state index is 13.3. The van der Waals surface area contributed by atoms with Gasteiger partial charge in [-0.05, 0) is 29.8 Å². The van der Waals surface area contributed by atoms with Crippen LogP contribution in [0.4, 0.5) is 5.82 Å². The molecule has 2 aromatic heterocycles. The Balaban J connectivity index is 1.37. The summed E-state index contributed by atoms with van der Waals surface area (Å²) in [6, 6.07) is 25.6. The molecule has 3 heterocycles. The van der Waals surface area contributed by atoms with Gasteiger partial charge in [0.2, 0.25) is 0 Å². The smallest absolute Gasteiger partial charge is 0.257 e. The molecule has 0 atom stereocenters. The van der Waals surface area contributed by atoms with Crippen LogP contribution >= 0.6 is 0 Å². The lowest BCUT2D eigenvalue weighted by atomic mass is 10.1. The van der Waals surface area contributed by atoms with Crippen molar-refractivity contribution >= 4 is 22.8 Å². The van der Waals surface area contributed by atoms with Crippen LogP contribution in [0.2, 0.25) is 0 Å². The molecule has 3 aromatic carbocycles. The van der Waals surface area contributed by atoms with E-state index in [4.69, 9.17) is 19.4 Å². The second-order valence-corrected chi connectivity index (χ2v) is 9.36. The van der Waals surface area contributed by atoms with E-state index in [0.29, 0.717) is 37.5 Å². The number of piperazine rings is 1. The molecule has 5 aromatic rings. The summed E-state index contributed by atoms with van der Waals surface area (Å²) in [7, 11) is 3.26. The minimum atomic E-state index is -0.0194. The molecule has 0 radical (unpaired) electrons. The van der Waals surface area contributed by atoms with Gasteiger partial charge in [0.15, 0.2) is 5.65 Å². The van der Waals surface area contributed by atoms with E-state index in [-0.39, 0.29) is 5.91 Å². The standard InChI is InChI=1S/C31H29N5O3/c1-38-24-12-8-11-23(19-24)36-20-26(22-9-4-3-5-10-22)28-29(32-21-33-30(28)36)34-15-17-35(18-16-34)31(37)25-13-6-7-14-27(25)39-2/h3-14,19-21H,15-18H2,1-2H3. The second-order valence-electron chi connectivity index (χ2n) is 9.36. The van der Waals surface area contributed by atoms with E-state index in [0.717, 1.165) is 39.4 Å². The molecule has 6 rings (SSSR count). The van der Waals surface area contributed by atoms with E-state index in [1.165, 1.54) is 0 Å².